The molecule has 0 atom stereocenters. The number of nitrogens with zero attached hydrogens (tertiary/aromatic N) is 7. The molecule has 11 aromatic rings. The zero-order chi connectivity index (χ0) is 42.1. The molecule has 0 saturated heterocycles. The molecule has 3 heterocycles. The number of benzene rings is 8. The van der Waals surface area contributed by atoms with Crippen molar-refractivity contribution in [3.63, 3.8) is 0 Å². The van der Waals surface area contributed by atoms with Crippen LogP contribution in [0.3, 0.4) is 0 Å². The van der Waals surface area contributed by atoms with Crippen molar-refractivity contribution in [2.24, 2.45) is 0 Å². The van der Waals surface area contributed by atoms with Crippen LogP contribution < -0.4 is 0 Å². The molecule has 7 heteroatoms. The Bertz CT molecular complexity index is 3370. The average molecular weight is 806 g/mol. The molecule has 0 radical (unpaired) electrons. The van der Waals surface area contributed by atoms with Gasteiger partial charge in [0.2, 0.25) is 0 Å². The molecule has 11 rings (SSSR count). The predicted octanol–water partition coefficient (Wildman–Crippen LogP) is 14.0. The van der Waals surface area contributed by atoms with Crippen LogP contribution >= 0.6 is 0 Å². The summed E-state index contributed by atoms with van der Waals surface area (Å²) in [4.78, 5) is 29.5. The lowest BCUT2D eigenvalue weighted by Crippen LogP contribution is -2.04. The average Bonchev–Trinajstić information content (AvgIpc) is 3.70. The highest BCUT2D eigenvalue weighted by molar-refractivity contribution is 6.10. The maximum absolute atomic E-state index is 7.50. The fraction of sp³-hybridized carbons (Fsp3) is 0. The van der Waals surface area contributed by atoms with E-state index in [0.29, 0.717) is 29.0 Å². The second kappa shape index (κ2) is 16.0. The SMILES string of the molecule is [C-]#[N+]c1ccc(-c2ccc3c4ccccc4n(-c4ccc(-c5cc(-c6ccccc6)nc(-c6ccccc6)n5)cc4-c4nc(-c5ccccc5)nc(-c5ccccc5)n4)c3c2)cc1. The van der Waals surface area contributed by atoms with Gasteiger partial charge in [-0.2, -0.15) is 0 Å². The van der Waals surface area contributed by atoms with E-state index >= 15 is 0 Å². The molecule has 3 aromatic heterocycles. The predicted molar refractivity (Wildman–Crippen MR) is 254 cm³/mol. The molecule has 0 amide bonds. The Hall–Kier alpha value is -8.86. The van der Waals surface area contributed by atoms with Crippen LogP contribution in [0.15, 0.2) is 212 Å². The molecule has 0 aliphatic heterocycles. The lowest BCUT2D eigenvalue weighted by molar-refractivity contribution is 1.06. The highest BCUT2D eigenvalue weighted by atomic mass is 15.1. The van der Waals surface area contributed by atoms with Gasteiger partial charge in [0.1, 0.15) is 0 Å². The molecule has 0 unspecified atom stereocenters. The molecule has 0 saturated carbocycles. The maximum Gasteiger partial charge on any atom is 0.187 e. The minimum absolute atomic E-state index is 0.525. The first kappa shape index (κ1) is 37.2. The van der Waals surface area contributed by atoms with E-state index in [2.05, 4.69) is 88.3 Å². The van der Waals surface area contributed by atoms with Gasteiger partial charge in [-0.05, 0) is 41.5 Å². The molecule has 0 N–H and O–H groups in total. The van der Waals surface area contributed by atoms with Crippen molar-refractivity contribution in [1.82, 2.24) is 29.5 Å². The molecular formula is C56H35N7. The van der Waals surface area contributed by atoms with Crippen molar-refractivity contribution in [3.8, 4) is 84.9 Å². The minimum atomic E-state index is 0.525. The molecule has 0 aliphatic carbocycles. The first-order valence-corrected chi connectivity index (χ1v) is 20.7. The summed E-state index contributed by atoms with van der Waals surface area (Å²) in [6.07, 6.45) is 0. The fourth-order valence-corrected chi connectivity index (χ4v) is 8.20. The summed E-state index contributed by atoms with van der Waals surface area (Å²) in [5.74, 6) is 2.30. The third-order valence-electron chi connectivity index (χ3n) is 11.3. The molecule has 7 nitrogen and oxygen atoms in total. The van der Waals surface area contributed by atoms with E-state index in [1.165, 1.54) is 0 Å². The summed E-state index contributed by atoms with van der Waals surface area (Å²) in [5.41, 5.74) is 12.6. The van der Waals surface area contributed by atoms with Crippen LogP contribution in [-0.4, -0.2) is 29.5 Å². The normalized spacial score (nSPS) is 11.2. The van der Waals surface area contributed by atoms with Gasteiger partial charge in [-0.1, -0.05) is 182 Å². The monoisotopic (exact) mass is 805 g/mol. The number of para-hydroxylation sites is 1. The molecule has 294 valence electrons. The van der Waals surface area contributed by atoms with Crippen LogP contribution in [-0.2, 0) is 0 Å². The summed E-state index contributed by atoms with van der Waals surface area (Å²) in [6, 6.07) is 71.8. The van der Waals surface area contributed by atoms with E-state index in [1.54, 1.807) is 0 Å². The second-order valence-electron chi connectivity index (χ2n) is 15.2. The van der Waals surface area contributed by atoms with Gasteiger partial charge >= 0.3 is 0 Å². The Kier molecular flexibility index (Phi) is 9.41. The summed E-state index contributed by atoms with van der Waals surface area (Å²) in [7, 11) is 0. The zero-order valence-corrected chi connectivity index (χ0v) is 33.8. The minimum Gasteiger partial charge on any atom is -0.308 e. The number of hydrogen-bond donors (Lipinski definition) is 0. The molecule has 8 aromatic carbocycles. The molecule has 63 heavy (non-hydrogen) atoms. The number of fused-ring (bicyclic) bond motifs is 3. The van der Waals surface area contributed by atoms with Crippen LogP contribution in [0.1, 0.15) is 0 Å². The smallest absolute Gasteiger partial charge is 0.187 e. The molecule has 0 fully saturated rings. The molecule has 0 bridgehead atoms. The topological polar surface area (TPSA) is 73.7 Å². The second-order valence-corrected chi connectivity index (χ2v) is 15.2. The summed E-state index contributed by atoms with van der Waals surface area (Å²) < 4.78 is 2.32. The van der Waals surface area contributed by atoms with Gasteiger partial charge in [0, 0.05) is 44.2 Å². The maximum atomic E-state index is 7.50. The van der Waals surface area contributed by atoms with Gasteiger partial charge in [-0.3, -0.25) is 0 Å². The van der Waals surface area contributed by atoms with E-state index in [1.807, 2.05) is 133 Å². The quantitative estimate of drug-likeness (QED) is 0.143. The van der Waals surface area contributed by atoms with Crippen LogP contribution in [0.2, 0.25) is 0 Å². The Labute approximate surface area is 364 Å². The Morgan fingerprint density at radius 2 is 0.810 bits per heavy atom. The van der Waals surface area contributed by atoms with Crippen molar-refractivity contribution < 1.29 is 0 Å². The third kappa shape index (κ3) is 7.08. The highest BCUT2D eigenvalue weighted by Crippen LogP contribution is 2.40. The Balaban J connectivity index is 1.20. The lowest BCUT2D eigenvalue weighted by Gasteiger charge is -2.17. The van der Waals surface area contributed by atoms with Crippen molar-refractivity contribution in [2.45, 2.75) is 0 Å². The van der Waals surface area contributed by atoms with Crippen molar-refractivity contribution in [3.05, 3.63) is 224 Å². The standard InChI is InChI=1S/C56H35N7/c1-57-44-30-26-37(27-31-44)42-28-32-46-45-24-14-15-25-50(45)63(52(46)35-42)51-33-29-43(49-36-48(38-16-6-2-7-17-38)58-53(59-49)39-18-8-3-9-19-39)34-47(51)56-61-54(40-20-10-4-11-21-40)60-55(62-56)41-22-12-5-13-23-41/h2-36H. The summed E-state index contributed by atoms with van der Waals surface area (Å²) in [6.45, 7) is 7.50. The molecular weight excluding hydrogens is 771 g/mol. The number of hydrogen-bond acceptors (Lipinski definition) is 5. The van der Waals surface area contributed by atoms with E-state index in [0.717, 1.165) is 83.4 Å². The Morgan fingerprint density at radius 1 is 0.333 bits per heavy atom. The van der Waals surface area contributed by atoms with E-state index < -0.39 is 0 Å². The highest BCUT2D eigenvalue weighted by Gasteiger charge is 2.22. The zero-order valence-electron chi connectivity index (χ0n) is 33.8. The van der Waals surface area contributed by atoms with Crippen molar-refractivity contribution in [1.29, 1.82) is 0 Å². The summed E-state index contributed by atoms with van der Waals surface area (Å²) in [5, 5.41) is 2.24. The van der Waals surface area contributed by atoms with E-state index in [-0.39, 0.29) is 0 Å². The molecule has 0 spiro atoms. The van der Waals surface area contributed by atoms with Gasteiger partial charge in [-0.25, -0.2) is 29.8 Å². The molecule has 0 aliphatic rings. The van der Waals surface area contributed by atoms with Gasteiger partial charge in [-0.15, -0.1) is 0 Å². The number of rotatable bonds is 8. The van der Waals surface area contributed by atoms with Gasteiger partial charge in [0.15, 0.2) is 29.0 Å². The van der Waals surface area contributed by atoms with Crippen LogP contribution in [0, 0.1) is 6.57 Å². The van der Waals surface area contributed by atoms with Gasteiger partial charge < -0.3 is 4.57 Å². The van der Waals surface area contributed by atoms with E-state index in [9.17, 15) is 0 Å². The van der Waals surface area contributed by atoms with Crippen molar-refractivity contribution in [2.75, 3.05) is 0 Å². The van der Waals surface area contributed by atoms with Crippen LogP contribution in [0.5, 0.6) is 0 Å². The largest absolute Gasteiger partial charge is 0.308 e. The first-order chi connectivity index (χ1) is 31.2. The fourth-order valence-electron chi connectivity index (χ4n) is 8.20. The van der Waals surface area contributed by atoms with E-state index in [4.69, 9.17) is 31.5 Å². The van der Waals surface area contributed by atoms with Crippen molar-refractivity contribution >= 4 is 27.5 Å². The first-order valence-electron chi connectivity index (χ1n) is 20.7. The van der Waals surface area contributed by atoms with Gasteiger partial charge in [0.25, 0.3) is 0 Å². The third-order valence-corrected chi connectivity index (χ3v) is 11.3. The lowest BCUT2D eigenvalue weighted by atomic mass is 10.0. The summed E-state index contributed by atoms with van der Waals surface area (Å²) >= 11 is 0. The van der Waals surface area contributed by atoms with Gasteiger partial charge in [0.05, 0.1) is 34.7 Å². The number of aromatic nitrogens is 6. The van der Waals surface area contributed by atoms with Crippen LogP contribution in [0.25, 0.3) is 112 Å². The Morgan fingerprint density at radius 3 is 1.41 bits per heavy atom. The van der Waals surface area contributed by atoms with Crippen LogP contribution in [0.4, 0.5) is 5.69 Å².